The normalized spacial score (nSPS) is 25.1. The Labute approximate surface area is 236 Å². The third kappa shape index (κ3) is 4.34. The van der Waals surface area contributed by atoms with E-state index in [9.17, 15) is 0 Å². The zero-order valence-corrected chi connectivity index (χ0v) is 23.0. The fraction of sp³-hybridized carbons (Fsp3) is 0.314. The Balaban J connectivity index is 1.26. The van der Waals surface area contributed by atoms with E-state index in [-0.39, 0.29) is 24.5 Å². The van der Waals surface area contributed by atoms with Crippen LogP contribution in [0.4, 0.5) is 5.69 Å². The molecule has 40 heavy (non-hydrogen) atoms. The average Bonchev–Trinajstić information content (AvgIpc) is 3.66. The lowest BCUT2D eigenvalue weighted by Crippen LogP contribution is -2.43. The summed E-state index contributed by atoms with van der Waals surface area (Å²) in [5.74, 6) is -0.690. The Hall–Kier alpha value is -3.48. The number of nitrogens with zero attached hydrogens (tertiary/aromatic N) is 1. The van der Waals surface area contributed by atoms with Gasteiger partial charge in [0.15, 0.2) is 12.0 Å². The van der Waals surface area contributed by atoms with Crippen LogP contribution in [0.15, 0.2) is 115 Å². The first-order valence-electron chi connectivity index (χ1n) is 14.2. The van der Waals surface area contributed by atoms with Gasteiger partial charge in [0.05, 0.1) is 6.61 Å². The predicted octanol–water partition coefficient (Wildman–Crippen LogP) is 6.30. The molecule has 7 rings (SSSR count). The molecule has 204 valence electrons. The molecule has 3 heterocycles. The van der Waals surface area contributed by atoms with E-state index < -0.39 is 11.4 Å². The molecular weight excluding hydrogens is 498 g/mol. The van der Waals surface area contributed by atoms with Crippen LogP contribution in [0, 0.1) is 0 Å². The number of hydrogen-bond donors (Lipinski definition) is 0. The van der Waals surface area contributed by atoms with Crippen molar-refractivity contribution in [2.75, 3.05) is 18.1 Å². The molecule has 4 atom stereocenters. The topological polar surface area (TPSA) is 40.2 Å². The summed E-state index contributed by atoms with van der Waals surface area (Å²) in [7, 11) is 0. The minimum atomic E-state index is -0.823. The van der Waals surface area contributed by atoms with E-state index in [2.05, 4.69) is 102 Å². The van der Waals surface area contributed by atoms with Crippen LogP contribution in [-0.4, -0.2) is 43.5 Å². The second-order valence-corrected chi connectivity index (χ2v) is 11.3. The number of fused-ring (bicyclic) bond motifs is 2. The van der Waals surface area contributed by atoms with E-state index in [1.807, 2.05) is 32.0 Å². The molecule has 0 aromatic heterocycles. The maximum atomic E-state index is 7.15. The first-order chi connectivity index (χ1) is 19.6. The number of para-hydroxylation sites is 1. The standard InChI is InChI=1S/C35H35NO4/c1-34(2)39-31-30(38-33(32(31)40-34)36-23-22-25-14-12-13-21-29(25)36)24-37-35(26-15-6-3-7-16-26,27-17-8-4-9-18-27)28-19-10-5-11-20-28/h3-21,30-33H,22-24H2,1-2H3/t30-,31-,32-,33-/m1/s1. The van der Waals surface area contributed by atoms with Gasteiger partial charge in [0, 0.05) is 12.2 Å². The summed E-state index contributed by atoms with van der Waals surface area (Å²) >= 11 is 0. The maximum Gasteiger partial charge on any atom is 0.164 e. The van der Waals surface area contributed by atoms with Gasteiger partial charge in [0.2, 0.25) is 0 Å². The summed E-state index contributed by atoms with van der Waals surface area (Å²) < 4.78 is 26.9. The molecule has 0 unspecified atom stereocenters. The molecule has 5 heteroatoms. The fourth-order valence-electron chi connectivity index (χ4n) is 6.65. The van der Waals surface area contributed by atoms with E-state index >= 15 is 0 Å². The number of ether oxygens (including phenoxy) is 4. The molecule has 3 aliphatic rings. The first kappa shape index (κ1) is 25.5. The highest BCUT2D eigenvalue weighted by Gasteiger charge is 2.58. The molecule has 0 saturated carbocycles. The van der Waals surface area contributed by atoms with E-state index in [1.54, 1.807) is 0 Å². The zero-order valence-electron chi connectivity index (χ0n) is 23.0. The van der Waals surface area contributed by atoms with Gasteiger partial charge in [-0.3, -0.25) is 0 Å². The molecule has 5 nitrogen and oxygen atoms in total. The lowest BCUT2D eigenvalue weighted by atomic mass is 9.80. The third-order valence-corrected chi connectivity index (χ3v) is 8.36. The van der Waals surface area contributed by atoms with Crippen molar-refractivity contribution >= 4 is 5.69 Å². The van der Waals surface area contributed by atoms with Crippen molar-refractivity contribution < 1.29 is 18.9 Å². The van der Waals surface area contributed by atoms with E-state index in [1.165, 1.54) is 11.3 Å². The summed E-state index contributed by atoms with van der Waals surface area (Å²) in [4.78, 5) is 2.34. The monoisotopic (exact) mass is 533 g/mol. The lowest BCUT2D eigenvalue weighted by Gasteiger charge is -2.37. The van der Waals surface area contributed by atoms with Crippen molar-refractivity contribution in [3.05, 3.63) is 138 Å². The van der Waals surface area contributed by atoms with E-state index in [4.69, 9.17) is 18.9 Å². The van der Waals surface area contributed by atoms with Gasteiger partial charge in [-0.05, 0) is 48.6 Å². The van der Waals surface area contributed by atoms with Gasteiger partial charge in [-0.15, -0.1) is 0 Å². The zero-order chi connectivity index (χ0) is 27.2. The van der Waals surface area contributed by atoms with Gasteiger partial charge < -0.3 is 23.8 Å². The molecule has 0 spiro atoms. The van der Waals surface area contributed by atoms with Crippen molar-refractivity contribution in [2.24, 2.45) is 0 Å². The average molecular weight is 534 g/mol. The van der Waals surface area contributed by atoms with Crippen LogP contribution < -0.4 is 4.90 Å². The van der Waals surface area contributed by atoms with E-state index in [0.29, 0.717) is 6.61 Å². The second kappa shape index (κ2) is 10.2. The molecule has 0 bridgehead atoms. The van der Waals surface area contributed by atoms with Crippen LogP contribution in [0.5, 0.6) is 0 Å². The number of benzene rings is 4. The van der Waals surface area contributed by atoms with Gasteiger partial charge >= 0.3 is 0 Å². The van der Waals surface area contributed by atoms with Crippen LogP contribution in [0.2, 0.25) is 0 Å². The maximum absolute atomic E-state index is 7.15. The van der Waals surface area contributed by atoms with Crippen LogP contribution in [-0.2, 0) is 31.0 Å². The van der Waals surface area contributed by atoms with Gasteiger partial charge in [-0.25, -0.2) is 0 Å². The molecule has 0 N–H and O–H groups in total. The minimum absolute atomic E-state index is 0.214. The minimum Gasteiger partial charge on any atom is -0.358 e. The highest BCUT2D eigenvalue weighted by Crippen LogP contribution is 2.45. The Bertz CT molecular complexity index is 1350. The van der Waals surface area contributed by atoms with Crippen molar-refractivity contribution in [1.82, 2.24) is 0 Å². The highest BCUT2D eigenvalue weighted by molar-refractivity contribution is 5.58. The molecule has 0 amide bonds. The molecule has 0 radical (unpaired) electrons. The van der Waals surface area contributed by atoms with Gasteiger partial charge in [-0.1, -0.05) is 109 Å². The van der Waals surface area contributed by atoms with Crippen molar-refractivity contribution in [2.45, 2.75) is 56.2 Å². The summed E-state index contributed by atoms with van der Waals surface area (Å²) in [6.45, 7) is 5.21. The largest absolute Gasteiger partial charge is 0.358 e. The van der Waals surface area contributed by atoms with Gasteiger partial charge in [0.25, 0.3) is 0 Å². The van der Waals surface area contributed by atoms with Gasteiger partial charge in [-0.2, -0.15) is 0 Å². The fourth-order valence-corrected chi connectivity index (χ4v) is 6.65. The molecule has 3 aliphatic heterocycles. The summed E-state index contributed by atoms with van der Waals surface area (Å²) in [5, 5.41) is 0. The predicted molar refractivity (Wildman–Crippen MR) is 155 cm³/mol. The smallest absolute Gasteiger partial charge is 0.164 e. The quantitative estimate of drug-likeness (QED) is 0.261. The number of rotatable bonds is 7. The molecule has 2 saturated heterocycles. The number of hydrogen-bond acceptors (Lipinski definition) is 5. The van der Waals surface area contributed by atoms with Crippen LogP contribution in [0.25, 0.3) is 0 Å². The Kier molecular flexibility index (Phi) is 6.48. The summed E-state index contributed by atoms with van der Waals surface area (Å²) in [6.07, 6.45) is -0.0106. The van der Waals surface area contributed by atoms with Crippen molar-refractivity contribution in [3.63, 3.8) is 0 Å². The lowest BCUT2D eigenvalue weighted by molar-refractivity contribution is -0.195. The molecular formula is C35H35NO4. The van der Waals surface area contributed by atoms with E-state index in [0.717, 1.165) is 29.7 Å². The highest BCUT2D eigenvalue weighted by atomic mass is 16.8. The summed E-state index contributed by atoms with van der Waals surface area (Å²) in [6, 6.07) is 39.9. The van der Waals surface area contributed by atoms with Gasteiger partial charge in [0.1, 0.15) is 23.9 Å². The van der Waals surface area contributed by atoms with Crippen LogP contribution in [0.1, 0.15) is 36.1 Å². The molecule has 4 aromatic rings. The third-order valence-electron chi connectivity index (χ3n) is 8.36. The Morgan fingerprint density at radius 3 is 1.85 bits per heavy atom. The molecule has 4 aromatic carbocycles. The Morgan fingerprint density at radius 1 is 0.725 bits per heavy atom. The molecule has 0 aliphatic carbocycles. The first-order valence-corrected chi connectivity index (χ1v) is 14.2. The van der Waals surface area contributed by atoms with Crippen LogP contribution >= 0.6 is 0 Å². The van der Waals surface area contributed by atoms with Crippen LogP contribution in [0.3, 0.4) is 0 Å². The SMILES string of the molecule is CC1(C)O[C@@H]2[C@H](O1)[C@@H](COC(c1ccccc1)(c1ccccc1)c1ccccc1)O[C@H]2N1CCc2ccccc21. The Morgan fingerprint density at radius 2 is 1.25 bits per heavy atom. The molecule has 2 fully saturated rings. The number of anilines is 1. The van der Waals surface area contributed by atoms with Crippen molar-refractivity contribution in [1.29, 1.82) is 0 Å². The second-order valence-electron chi connectivity index (χ2n) is 11.3. The van der Waals surface area contributed by atoms with Crippen molar-refractivity contribution in [3.8, 4) is 0 Å². The summed E-state index contributed by atoms with van der Waals surface area (Å²) in [5.41, 5.74) is 4.93.